The van der Waals surface area contributed by atoms with Gasteiger partial charge in [-0.2, -0.15) is 0 Å². The molecule has 1 aromatic rings. The molecule has 2 amide bonds. The topological polar surface area (TPSA) is 104 Å². The van der Waals surface area contributed by atoms with Crippen LogP contribution in [0.3, 0.4) is 0 Å². The van der Waals surface area contributed by atoms with Crippen molar-refractivity contribution in [1.82, 2.24) is 10.6 Å². The third-order valence-corrected chi connectivity index (χ3v) is 2.98. The highest BCUT2D eigenvalue weighted by atomic mass is 16.4. The van der Waals surface area contributed by atoms with Gasteiger partial charge >= 0.3 is 12.0 Å². The van der Waals surface area contributed by atoms with Crippen molar-refractivity contribution in [3.8, 4) is 0 Å². The molecule has 5 N–H and O–H groups in total. The summed E-state index contributed by atoms with van der Waals surface area (Å²) in [6.45, 7) is -0.397. The Balaban J connectivity index is 2.03. The number of aliphatic carboxylic acids is 1. The minimum absolute atomic E-state index is 0.397. The molecule has 0 atom stereocenters. The number of amides is 2. The summed E-state index contributed by atoms with van der Waals surface area (Å²) in [5, 5.41) is 13.5. The number of nitrogens with two attached hydrogens (primary N) is 1. The van der Waals surface area contributed by atoms with Crippen molar-refractivity contribution in [3.05, 3.63) is 29.8 Å². The van der Waals surface area contributed by atoms with E-state index in [0.29, 0.717) is 5.69 Å². The van der Waals surface area contributed by atoms with Crippen LogP contribution in [0, 0.1) is 0 Å². The number of carbonyl (C=O) groups is 2. The quantitative estimate of drug-likeness (QED) is 0.588. The van der Waals surface area contributed by atoms with Gasteiger partial charge in [-0.25, -0.2) is 4.79 Å². The van der Waals surface area contributed by atoms with E-state index >= 15 is 0 Å². The Kier molecular flexibility index (Phi) is 3.10. The van der Waals surface area contributed by atoms with Crippen LogP contribution < -0.4 is 16.4 Å². The number of carbonyl (C=O) groups excluding carboxylic acids is 1. The smallest absolute Gasteiger partial charge is 0.323 e. The summed E-state index contributed by atoms with van der Waals surface area (Å²) in [6.07, 6.45) is 1.61. The maximum Gasteiger partial charge on any atom is 0.323 e. The lowest BCUT2D eigenvalue weighted by Crippen LogP contribution is -2.44. The summed E-state index contributed by atoms with van der Waals surface area (Å²) in [6, 6.07) is 6.87. The lowest BCUT2D eigenvalue weighted by molar-refractivity contribution is -0.135. The maximum atomic E-state index is 11.6. The Labute approximate surface area is 104 Å². The summed E-state index contributed by atoms with van der Waals surface area (Å²) >= 11 is 0. The first-order chi connectivity index (χ1) is 8.53. The zero-order valence-electron chi connectivity index (χ0n) is 9.77. The molecule has 1 fully saturated rings. The second-order valence-electron chi connectivity index (χ2n) is 4.37. The van der Waals surface area contributed by atoms with Crippen LogP contribution in [-0.2, 0) is 10.3 Å². The van der Waals surface area contributed by atoms with Gasteiger partial charge in [-0.1, -0.05) is 18.2 Å². The molecule has 1 saturated carbocycles. The third kappa shape index (κ3) is 2.53. The van der Waals surface area contributed by atoms with Gasteiger partial charge in [-0.3, -0.25) is 4.79 Å². The van der Waals surface area contributed by atoms with Gasteiger partial charge in [0.1, 0.15) is 6.54 Å². The van der Waals surface area contributed by atoms with E-state index < -0.39 is 24.1 Å². The second-order valence-corrected chi connectivity index (χ2v) is 4.37. The van der Waals surface area contributed by atoms with Crippen LogP contribution in [0.5, 0.6) is 0 Å². The Morgan fingerprint density at radius 2 is 2.00 bits per heavy atom. The largest absolute Gasteiger partial charge is 0.480 e. The Bertz CT molecular complexity index is 483. The number of urea groups is 1. The van der Waals surface area contributed by atoms with E-state index in [0.717, 1.165) is 18.4 Å². The normalized spacial score (nSPS) is 15.8. The average Bonchev–Trinajstić information content (AvgIpc) is 3.08. The van der Waals surface area contributed by atoms with Crippen molar-refractivity contribution in [2.75, 3.05) is 12.3 Å². The molecule has 0 radical (unpaired) electrons. The highest BCUT2D eigenvalue weighted by Gasteiger charge is 2.46. The highest BCUT2D eigenvalue weighted by Crippen LogP contribution is 2.47. The van der Waals surface area contributed by atoms with Crippen LogP contribution >= 0.6 is 0 Å². The second kappa shape index (κ2) is 4.56. The number of hydrogen-bond acceptors (Lipinski definition) is 3. The van der Waals surface area contributed by atoms with E-state index in [1.807, 2.05) is 18.2 Å². The molecule has 0 heterocycles. The van der Waals surface area contributed by atoms with Crippen molar-refractivity contribution < 1.29 is 14.7 Å². The predicted molar refractivity (Wildman–Crippen MR) is 65.9 cm³/mol. The number of nitrogens with one attached hydrogen (secondary N) is 2. The van der Waals surface area contributed by atoms with Gasteiger partial charge in [0.05, 0.1) is 5.54 Å². The SMILES string of the molecule is Nc1ccccc1C1(NC(=O)NCC(=O)O)CC1. The van der Waals surface area contributed by atoms with Crippen molar-refractivity contribution in [2.45, 2.75) is 18.4 Å². The summed E-state index contributed by atoms with van der Waals surface area (Å²) < 4.78 is 0. The minimum atomic E-state index is -1.07. The monoisotopic (exact) mass is 249 g/mol. The fraction of sp³-hybridized carbons (Fsp3) is 0.333. The summed E-state index contributed by atoms with van der Waals surface area (Å²) in [5.74, 6) is -1.07. The molecule has 0 spiro atoms. The molecular weight excluding hydrogens is 234 g/mol. The highest BCUT2D eigenvalue weighted by molar-refractivity contribution is 5.81. The molecule has 0 aromatic heterocycles. The zero-order chi connectivity index (χ0) is 13.2. The first kappa shape index (κ1) is 12.2. The molecule has 18 heavy (non-hydrogen) atoms. The third-order valence-electron chi connectivity index (χ3n) is 2.98. The van der Waals surface area contributed by atoms with Crippen LogP contribution in [0.4, 0.5) is 10.5 Å². The summed E-state index contributed by atoms with van der Waals surface area (Å²) in [7, 11) is 0. The Hall–Kier alpha value is -2.24. The van der Waals surface area contributed by atoms with E-state index in [1.165, 1.54) is 0 Å². The molecule has 1 aliphatic rings. The minimum Gasteiger partial charge on any atom is -0.480 e. The van der Waals surface area contributed by atoms with Gasteiger partial charge in [-0.05, 0) is 18.9 Å². The lowest BCUT2D eigenvalue weighted by Gasteiger charge is -2.19. The van der Waals surface area contributed by atoms with Gasteiger partial charge in [-0.15, -0.1) is 0 Å². The molecule has 0 aliphatic heterocycles. The van der Waals surface area contributed by atoms with Gasteiger partial charge in [0.25, 0.3) is 0 Å². The average molecular weight is 249 g/mol. The van der Waals surface area contributed by atoms with Crippen LogP contribution in [0.25, 0.3) is 0 Å². The number of carboxylic acids is 1. The van der Waals surface area contributed by atoms with Gasteiger partial charge in [0.2, 0.25) is 0 Å². The summed E-state index contributed by atoms with van der Waals surface area (Å²) in [4.78, 5) is 21.9. The molecule has 1 aliphatic carbocycles. The maximum absolute atomic E-state index is 11.6. The molecule has 96 valence electrons. The number of rotatable bonds is 4. The Morgan fingerprint density at radius 1 is 1.33 bits per heavy atom. The molecule has 0 unspecified atom stereocenters. The van der Waals surface area contributed by atoms with Crippen molar-refractivity contribution >= 4 is 17.7 Å². The first-order valence-corrected chi connectivity index (χ1v) is 5.66. The number of nitrogen functional groups attached to an aromatic ring is 1. The van der Waals surface area contributed by atoms with E-state index in [4.69, 9.17) is 10.8 Å². The molecule has 0 saturated heterocycles. The van der Waals surface area contributed by atoms with Crippen LogP contribution in [0.15, 0.2) is 24.3 Å². The van der Waals surface area contributed by atoms with E-state index in [2.05, 4.69) is 10.6 Å². The zero-order valence-corrected chi connectivity index (χ0v) is 9.77. The Morgan fingerprint density at radius 3 is 2.56 bits per heavy atom. The van der Waals surface area contributed by atoms with Gasteiger partial charge in [0, 0.05) is 11.3 Å². The van der Waals surface area contributed by atoms with Gasteiger partial charge < -0.3 is 21.5 Å². The number of benzene rings is 1. The van der Waals surface area contributed by atoms with Crippen molar-refractivity contribution in [2.24, 2.45) is 0 Å². The van der Waals surface area contributed by atoms with E-state index in [-0.39, 0.29) is 0 Å². The van der Waals surface area contributed by atoms with E-state index in [9.17, 15) is 9.59 Å². The van der Waals surface area contributed by atoms with Crippen molar-refractivity contribution in [3.63, 3.8) is 0 Å². The fourth-order valence-electron chi connectivity index (χ4n) is 1.94. The number of anilines is 1. The van der Waals surface area contributed by atoms with Crippen LogP contribution in [-0.4, -0.2) is 23.7 Å². The van der Waals surface area contributed by atoms with Crippen LogP contribution in [0.2, 0.25) is 0 Å². The number of carboxylic acid groups (broad SMARTS) is 1. The molecule has 1 aromatic carbocycles. The molecule has 2 rings (SSSR count). The molecule has 0 bridgehead atoms. The number of para-hydroxylation sites is 1. The van der Waals surface area contributed by atoms with Gasteiger partial charge in [0.15, 0.2) is 0 Å². The lowest BCUT2D eigenvalue weighted by atomic mass is 10.0. The van der Waals surface area contributed by atoms with E-state index in [1.54, 1.807) is 6.07 Å². The number of hydrogen-bond donors (Lipinski definition) is 4. The van der Waals surface area contributed by atoms with Crippen LogP contribution in [0.1, 0.15) is 18.4 Å². The molecular formula is C12H15N3O3. The fourth-order valence-corrected chi connectivity index (χ4v) is 1.94. The molecule has 6 heteroatoms. The molecule has 6 nitrogen and oxygen atoms in total. The predicted octanol–water partition coefficient (Wildman–Crippen LogP) is 0.642. The van der Waals surface area contributed by atoms with Crippen molar-refractivity contribution in [1.29, 1.82) is 0 Å². The first-order valence-electron chi connectivity index (χ1n) is 5.66. The summed E-state index contributed by atoms with van der Waals surface area (Å²) in [5.41, 5.74) is 6.96. The standard InChI is InChI=1S/C12H15N3O3/c13-9-4-2-1-3-8(9)12(5-6-12)15-11(18)14-7-10(16)17/h1-4H,5-7,13H2,(H,16,17)(H2,14,15,18).